The fraction of sp³-hybridized carbons (Fsp3) is 0.692. The molecule has 0 aliphatic carbocycles. The standard InChI is InChI=1S/C13H21N3O2/c1-9-12(10(2)16(3)15-9)7-13(17)14-8-11-5-4-6-18-11/h11H,4-8H2,1-3H3,(H,14,17)/t11-/m1/s1. The molecule has 1 aromatic rings. The van der Waals surface area contributed by atoms with Crippen molar-refractivity contribution < 1.29 is 9.53 Å². The van der Waals surface area contributed by atoms with Gasteiger partial charge in [0.15, 0.2) is 0 Å². The Bertz CT molecular complexity index is 434. The molecule has 100 valence electrons. The molecule has 1 aliphatic rings. The summed E-state index contributed by atoms with van der Waals surface area (Å²) in [5, 5.41) is 7.25. The molecular weight excluding hydrogens is 230 g/mol. The van der Waals surface area contributed by atoms with Crippen LogP contribution >= 0.6 is 0 Å². The van der Waals surface area contributed by atoms with E-state index in [1.165, 1.54) is 0 Å². The lowest BCUT2D eigenvalue weighted by atomic mass is 10.1. The molecule has 5 nitrogen and oxygen atoms in total. The summed E-state index contributed by atoms with van der Waals surface area (Å²) in [5.41, 5.74) is 3.02. The minimum absolute atomic E-state index is 0.0460. The van der Waals surface area contributed by atoms with Crippen LogP contribution in [0.15, 0.2) is 0 Å². The number of rotatable bonds is 4. The van der Waals surface area contributed by atoms with Crippen molar-refractivity contribution in [2.45, 2.75) is 39.2 Å². The number of hydrogen-bond acceptors (Lipinski definition) is 3. The van der Waals surface area contributed by atoms with Crippen molar-refractivity contribution in [3.05, 3.63) is 17.0 Å². The summed E-state index contributed by atoms with van der Waals surface area (Å²) < 4.78 is 7.29. The van der Waals surface area contributed by atoms with Crippen LogP contribution in [0.4, 0.5) is 0 Å². The van der Waals surface area contributed by atoms with E-state index >= 15 is 0 Å². The molecule has 0 spiro atoms. The number of nitrogens with zero attached hydrogens (tertiary/aromatic N) is 2. The first-order valence-electron chi connectivity index (χ1n) is 6.45. The Hall–Kier alpha value is -1.36. The van der Waals surface area contributed by atoms with Gasteiger partial charge in [0.05, 0.1) is 18.2 Å². The Kier molecular flexibility index (Phi) is 4.01. The highest BCUT2D eigenvalue weighted by Crippen LogP contribution is 2.13. The van der Waals surface area contributed by atoms with Crippen molar-refractivity contribution in [1.29, 1.82) is 0 Å². The summed E-state index contributed by atoms with van der Waals surface area (Å²) in [6.07, 6.45) is 2.75. The Labute approximate surface area is 108 Å². The molecule has 1 fully saturated rings. The first-order valence-corrected chi connectivity index (χ1v) is 6.45. The average Bonchev–Trinajstić information content (AvgIpc) is 2.92. The summed E-state index contributed by atoms with van der Waals surface area (Å²) in [6.45, 7) is 5.37. The van der Waals surface area contributed by atoms with Crippen molar-refractivity contribution in [3.8, 4) is 0 Å². The second-order valence-corrected chi connectivity index (χ2v) is 4.89. The van der Waals surface area contributed by atoms with E-state index in [4.69, 9.17) is 4.74 Å². The van der Waals surface area contributed by atoms with Crippen molar-refractivity contribution in [1.82, 2.24) is 15.1 Å². The Balaban J connectivity index is 1.86. The van der Waals surface area contributed by atoms with Crippen LogP contribution in [0, 0.1) is 13.8 Å². The monoisotopic (exact) mass is 251 g/mol. The van der Waals surface area contributed by atoms with Gasteiger partial charge in [0.25, 0.3) is 0 Å². The zero-order chi connectivity index (χ0) is 13.1. The summed E-state index contributed by atoms with van der Waals surface area (Å²) in [7, 11) is 1.90. The van der Waals surface area contributed by atoms with E-state index in [0.29, 0.717) is 13.0 Å². The number of hydrogen-bond donors (Lipinski definition) is 1. The van der Waals surface area contributed by atoms with Crippen molar-refractivity contribution >= 4 is 5.91 Å². The summed E-state index contributed by atoms with van der Waals surface area (Å²) >= 11 is 0. The van der Waals surface area contributed by atoms with Crippen LogP contribution < -0.4 is 5.32 Å². The molecule has 1 aliphatic heterocycles. The first kappa shape index (κ1) is 13.1. The van der Waals surface area contributed by atoms with E-state index in [9.17, 15) is 4.79 Å². The van der Waals surface area contributed by atoms with Crippen LogP contribution in [0.3, 0.4) is 0 Å². The molecule has 1 saturated heterocycles. The fourth-order valence-electron chi connectivity index (χ4n) is 2.33. The third kappa shape index (κ3) is 2.90. The van der Waals surface area contributed by atoms with Crippen LogP contribution in [-0.4, -0.2) is 34.9 Å². The zero-order valence-corrected chi connectivity index (χ0v) is 11.3. The molecule has 18 heavy (non-hydrogen) atoms. The van der Waals surface area contributed by atoms with Crippen molar-refractivity contribution in [2.75, 3.05) is 13.2 Å². The molecule has 0 saturated carbocycles. The third-order valence-electron chi connectivity index (χ3n) is 3.55. The summed E-state index contributed by atoms with van der Waals surface area (Å²) in [5.74, 6) is 0.0460. The molecule has 1 amide bonds. The first-order chi connectivity index (χ1) is 8.58. The fourth-order valence-corrected chi connectivity index (χ4v) is 2.33. The second-order valence-electron chi connectivity index (χ2n) is 4.89. The van der Waals surface area contributed by atoms with E-state index in [1.54, 1.807) is 0 Å². The van der Waals surface area contributed by atoms with E-state index in [2.05, 4.69) is 10.4 Å². The molecule has 1 aromatic heterocycles. The maximum Gasteiger partial charge on any atom is 0.224 e. The molecule has 2 heterocycles. The van der Waals surface area contributed by atoms with Gasteiger partial charge in [-0.1, -0.05) is 0 Å². The zero-order valence-electron chi connectivity index (χ0n) is 11.3. The number of amides is 1. The maximum absolute atomic E-state index is 11.9. The number of carbonyl (C=O) groups excluding carboxylic acids is 1. The lowest BCUT2D eigenvalue weighted by Crippen LogP contribution is -2.33. The largest absolute Gasteiger partial charge is 0.376 e. The Morgan fingerprint density at radius 2 is 2.33 bits per heavy atom. The number of ether oxygens (including phenoxy) is 1. The molecule has 0 radical (unpaired) electrons. The van der Waals surface area contributed by atoms with E-state index in [0.717, 1.165) is 36.4 Å². The smallest absolute Gasteiger partial charge is 0.224 e. The van der Waals surface area contributed by atoms with Crippen LogP contribution in [0.25, 0.3) is 0 Å². The van der Waals surface area contributed by atoms with Crippen LogP contribution in [0.2, 0.25) is 0 Å². The second kappa shape index (κ2) is 5.52. The summed E-state index contributed by atoms with van der Waals surface area (Å²) in [4.78, 5) is 11.9. The number of carbonyl (C=O) groups is 1. The average molecular weight is 251 g/mol. The van der Waals surface area contributed by atoms with Crippen LogP contribution in [0.5, 0.6) is 0 Å². The van der Waals surface area contributed by atoms with Gasteiger partial charge in [0.1, 0.15) is 0 Å². The van der Waals surface area contributed by atoms with Gasteiger partial charge in [-0.2, -0.15) is 5.10 Å². The quantitative estimate of drug-likeness (QED) is 0.864. The van der Waals surface area contributed by atoms with Gasteiger partial charge in [0.2, 0.25) is 5.91 Å². The minimum Gasteiger partial charge on any atom is -0.376 e. The highest BCUT2D eigenvalue weighted by molar-refractivity contribution is 5.79. The van der Waals surface area contributed by atoms with Crippen molar-refractivity contribution in [3.63, 3.8) is 0 Å². The topological polar surface area (TPSA) is 56.2 Å². The van der Waals surface area contributed by atoms with Gasteiger partial charge < -0.3 is 10.1 Å². The number of aromatic nitrogens is 2. The van der Waals surface area contributed by atoms with Crippen LogP contribution in [-0.2, 0) is 23.0 Å². The normalized spacial score (nSPS) is 19.2. The van der Waals surface area contributed by atoms with Gasteiger partial charge in [-0.3, -0.25) is 9.48 Å². The van der Waals surface area contributed by atoms with Gasteiger partial charge in [-0.25, -0.2) is 0 Å². The molecule has 2 rings (SSSR count). The minimum atomic E-state index is 0.0460. The maximum atomic E-state index is 11.9. The van der Waals surface area contributed by atoms with E-state index < -0.39 is 0 Å². The highest BCUT2D eigenvalue weighted by atomic mass is 16.5. The molecule has 0 bridgehead atoms. The molecule has 5 heteroatoms. The van der Waals surface area contributed by atoms with Gasteiger partial charge >= 0.3 is 0 Å². The number of aryl methyl sites for hydroxylation is 2. The van der Waals surface area contributed by atoms with Crippen molar-refractivity contribution in [2.24, 2.45) is 7.05 Å². The predicted molar refractivity (Wildman–Crippen MR) is 68.4 cm³/mol. The van der Waals surface area contributed by atoms with Gasteiger partial charge in [-0.05, 0) is 26.7 Å². The molecule has 1 atom stereocenters. The Morgan fingerprint density at radius 1 is 1.56 bits per heavy atom. The SMILES string of the molecule is Cc1nn(C)c(C)c1CC(=O)NC[C@H]1CCCO1. The molecule has 0 aromatic carbocycles. The number of nitrogens with one attached hydrogen (secondary N) is 1. The summed E-state index contributed by atoms with van der Waals surface area (Å²) in [6, 6.07) is 0. The van der Waals surface area contributed by atoms with Gasteiger partial charge in [0, 0.05) is 31.5 Å². The Morgan fingerprint density at radius 3 is 2.89 bits per heavy atom. The van der Waals surface area contributed by atoms with E-state index in [1.807, 2.05) is 25.6 Å². The molecule has 0 unspecified atom stereocenters. The van der Waals surface area contributed by atoms with E-state index in [-0.39, 0.29) is 12.0 Å². The molecular formula is C13H21N3O2. The lowest BCUT2D eigenvalue weighted by molar-refractivity contribution is -0.120. The van der Waals surface area contributed by atoms with Crippen LogP contribution in [0.1, 0.15) is 29.8 Å². The predicted octanol–water partition coefficient (Wildman–Crippen LogP) is 0.875. The van der Waals surface area contributed by atoms with Gasteiger partial charge in [-0.15, -0.1) is 0 Å². The highest BCUT2D eigenvalue weighted by Gasteiger charge is 2.17. The lowest BCUT2D eigenvalue weighted by Gasteiger charge is -2.10. The molecule has 1 N–H and O–H groups in total. The third-order valence-corrected chi connectivity index (χ3v) is 3.55.